The zero-order valence-electron chi connectivity index (χ0n) is 21.9. The molecule has 2 bridgehead atoms. The molecule has 1 spiro atoms. The predicted octanol–water partition coefficient (Wildman–Crippen LogP) is 4.59. The monoisotopic (exact) mass is 488 g/mol. The average molecular weight is 489 g/mol. The molecule has 196 valence electrons. The summed E-state index contributed by atoms with van der Waals surface area (Å²) in [6, 6.07) is 0. The van der Waals surface area contributed by atoms with E-state index in [0.717, 1.165) is 31.1 Å². The van der Waals surface area contributed by atoms with Crippen LogP contribution < -0.4 is 0 Å². The van der Waals surface area contributed by atoms with Gasteiger partial charge in [-0.05, 0) is 92.3 Å². The molecule has 1 N–H and O–H groups in total. The van der Waals surface area contributed by atoms with Crippen LogP contribution in [0.1, 0.15) is 78.6 Å². The summed E-state index contributed by atoms with van der Waals surface area (Å²) in [6.45, 7) is 7.44. The van der Waals surface area contributed by atoms with Gasteiger partial charge in [-0.2, -0.15) is 0 Å². The molecule has 7 rings (SSSR count). The third kappa shape index (κ3) is 3.43. The largest absolute Gasteiger partial charge is 0.391 e. The maximum atomic E-state index is 9.76. The molecular weight excluding hydrogens is 444 g/mol. The lowest BCUT2D eigenvalue weighted by Crippen LogP contribution is -2.54. The molecule has 5 aliphatic carbocycles. The van der Waals surface area contributed by atoms with Crippen molar-refractivity contribution < 1.29 is 28.8 Å². The fraction of sp³-hybridized carbons (Fsp3) is 0.931. The number of fused-ring (bicyclic) bond motifs is 6. The van der Waals surface area contributed by atoms with E-state index in [0.29, 0.717) is 34.9 Å². The van der Waals surface area contributed by atoms with Gasteiger partial charge in [-0.1, -0.05) is 25.5 Å². The van der Waals surface area contributed by atoms with Crippen LogP contribution in [-0.2, 0) is 23.7 Å². The quantitative estimate of drug-likeness (QED) is 0.436. The van der Waals surface area contributed by atoms with E-state index in [2.05, 4.69) is 19.9 Å². The van der Waals surface area contributed by atoms with Crippen LogP contribution >= 0.6 is 0 Å². The number of aliphatic hydroxyl groups excluding tert-OH is 1. The molecule has 13 unspecified atom stereocenters. The van der Waals surface area contributed by atoms with Crippen LogP contribution in [0.3, 0.4) is 0 Å². The first-order valence-corrected chi connectivity index (χ1v) is 14.2. The van der Waals surface area contributed by atoms with Crippen molar-refractivity contribution >= 4 is 0 Å². The number of epoxide rings is 1. The molecule has 7 aliphatic rings. The second-order valence-corrected chi connectivity index (χ2v) is 13.6. The number of ether oxygens (including phenoxy) is 5. The van der Waals surface area contributed by atoms with Gasteiger partial charge < -0.3 is 28.8 Å². The summed E-state index contributed by atoms with van der Waals surface area (Å²) >= 11 is 0. The van der Waals surface area contributed by atoms with Gasteiger partial charge in [0.2, 0.25) is 0 Å². The lowest BCUT2D eigenvalue weighted by atomic mass is 9.45. The van der Waals surface area contributed by atoms with Crippen LogP contribution in [0.25, 0.3) is 0 Å². The third-order valence-electron chi connectivity index (χ3n) is 11.7. The molecule has 4 saturated carbocycles. The smallest absolute Gasteiger partial charge is 0.190 e. The SMILES string of the molecule is COC1CC(OC2CCC3(C)C(=CCC45CC(C)(CCC34)C3C(OCC(C)O)CC35)C2)OC2OC12. The highest BCUT2D eigenvalue weighted by atomic mass is 16.8. The second-order valence-electron chi connectivity index (χ2n) is 13.6. The highest BCUT2D eigenvalue weighted by Crippen LogP contribution is 2.78. The summed E-state index contributed by atoms with van der Waals surface area (Å²) in [4.78, 5) is 0. The van der Waals surface area contributed by atoms with Crippen LogP contribution in [0.4, 0.5) is 0 Å². The van der Waals surface area contributed by atoms with Gasteiger partial charge in [0.05, 0.1) is 31.0 Å². The van der Waals surface area contributed by atoms with E-state index in [1.54, 1.807) is 12.7 Å². The van der Waals surface area contributed by atoms with Crippen molar-refractivity contribution in [2.24, 2.45) is 34.0 Å². The van der Waals surface area contributed by atoms with Crippen LogP contribution in [0.5, 0.6) is 0 Å². The minimum absolute atomic E-state index is 0.0871. The van der Waals surface area contributed by atoms with Gasteiger partial charge in [-0.25, -0.2) is 0 Å². The Morgan fingerprint density at radius 1 is 1.14 bits per heavy atom. The molecule has 2 saturated heterocycles. The first-order chi connectivity index (χ1) is 16.8. The Morgan fingerprint density at radius 2 is 2.00 bits per heavy atom. The number of rotatable bonds is 6. The Kier molecular flexibility index (Phi) is 5.40. The molecule has 0 radical (unpaired) electrons. The van der Waals surface area contributed by atoms with Gasteiger partial charge in [0, 0.05) is 13.5 Å². The highest BCUT2D eigenvalue weighted by molar-refractivity contribution is 5.31. The molecular formula is C29H44O6. The van der Waals surface area contributed by atoms with Gasteiger partial charge in [-0.15, -0.1) is 0 Å². The molecule has 0 aromatic heterocycles. The number of aliphatic hydroxyl groups is 1. The van der Waals surface area contributed by atoms with Crippen LogP contribution in [0.2, 0.25) is 0 Å². The molecule has 13 atom stereocenters. The normalized spacial score (nSPS) is 56.6. The van der Waals surface area contributed by atoms with Crippen molar-refractivity contribution in [1.82, 2.24) is 0 Å². The van der Waals surface area contributed by atoms with Crippen molar-refractivity contribution in [1.29, 1.82) is 0 Å². The zero-order chi connectivity index (χ0) is 24.2. The van der Waals surface area contributed by atoms with E-state index >= 15 is 0 Å². The zero-order valence-corrected chi connectivity index (χ0v) is 21.9. The molecule has 6 nitrogen and oxygen atoms in total. The Labute approximate surface area is 210 Å². The Balaban J connectivity index is 1.07. The van der Waals surface area contributed by atoms with Crippen molar-refractivity contribution in [2.75, 3.05) is 13.7 Å². The molecule has 0 amide bonds. The fourth-order valence-electron chi connectivity index (χ4n) is 10.2. The Hall–Kier alpha value is -0.500. The minimum atomic E-state index is -0.373. The number of methoxy groups -OCH3 is 1. The van der Waals surface area contributed by atoms with Gasteiger partial charge in [-0.3, -0.25) is 0 Å². The average Bonchev–Trinajstić information content (AvgIpc) is 3.54. The predicted molar refractivity (Wildman–Crippen MR) is 129 cm³/mol. The number of hydrogen-bond acceptors (Lipinski definition) is 6. The molecule has 0 aromatic carbocycles. The Bertz CT molecular complexity index is 888. The van der Waals surface area contributed by atoms with Crippen LogP contribution in [0.15, 0.2) is 11.6 Å². The summed E-state index contributed by atoms with van der Waals surface area (Å²) < 4.78 is 29.9. The van der Waals surface area contributed by atoms with E-state index in [1.807, 2.05) is 6.92 Å². The first-order valence-electron chi connectivity index (χ1n) is 14.2. The van der Waals surface area contributed by atoms with E-state index in [9.17, 15) is 5.11 Å². The second kappa shape index (κ2) is 8.00. The lowest BCUT2D eigenvalue weighted by molar-refractivity contribution is -0.220. The van der Waals surface area contributed by atoms with E-state index < -0.39 is 0 Å². The van der Waals surface area contributed by atoms with Gasteiger partial charge in [0.15, 0.2) is 12.6 Å². The molecule has 6 fully saturated rings. The number of hydrogen-bond donors (Lipinski definition) is 1. The van der Waals surface area contributed by atoms with E-state index in [4.69, 9.17) is 23.7 Å². The first kappa shape index (κ1) is 23.6. The number of allylic oxidation sites excluding steroid dienone is 1. The van der Waals surface area contributed by atoms with Gasteiger partial charge in [0.25, 0.3) is 0 Å². The molecule has 0 aromatic rings. The van der Waals surface area contributed by atoms with Crippen LogP contribution in [-0.4, -0.2) is 61.9 Å². The highest BCUT2D eigenvalue weighted by Gasteiger charge is 2.72. The summed E-state index contributed by atoms with van der Waals surface area (Å²) in [5, 5.41) is 9.76. The van der Waals surface area contributed by atoms with Crippen molar-refractivity contribution in [3.63, 3.8) is 0 Å². The van der Waals surface area contributed by atoms with Gasteiger partial charge in [0.1, 0.15) is 6.10 Å². The minimum Gasteiger partial charge on any atom is -0.391 e. The Morgan fingerprint density at radius 3 is 2.80 bits per heavy atom. The van der Waals surface area contributed by atoms with Crippen molar-refractivity contribution in [2.45, 2.75) is 122 Å². The molecule has 2 aliphatic heterocycles. The molecule has 6 heteroatoms. The lowest BCUT2D eigenvalue weighted by Gasteiger charge is -2.60. The van der Waals surface area contributed by atoms with Crippen LogP contribution in [0, 0.1) is 34.0 Å². The summed E-state index contributed by atoms with van der Waals surface area (Å²) in [7, 11) is 1.76. The van der Waals surface area contributed by atoms with E-state index in [-0.39, 0.29) is 37.0 Å². The van der Waals surface area contributed by atoms with Crippen molar-refractivity contribution in [3.8, 4) is 0 Å². The maximum Gasteiger partial charge on any atom is 0.190 e. The maximum absolute atomic E-state index is 9.76. The topological polar surface area (TPSA) is 69.7 Å². The molecule has 35 heavy (non-hydrogen) atoms. The summed E-state index contributed by atoms with van der Waals surface area (Å²) in [5.74, 6) is 2.24. The van der Waals surface area contributed by atoms with Crippen molar-refractivity contribution in [3.05, 3.63) is 11.6 Å². The van der Waals surface area contributed by atoms with E-state index in [1.165, 1.54) is 38.5 Å². The third-order valence-corrected chi connectivity index (χ3v) is 11.7. The standard InChI is InChI=1S/C29H44O6/c1-16(30)14-32-20-12-19-24(20)27(2)8-7-22-28(3)9-6-18(11-17(28)5-10-29(19,22)15-27)33-23-13-21(31-4)25-26(34-23)35-25/h5,16,18-26,30H,6-15H2,1-4H3. The fourth-order valence-corrected chi connectivity index (χ4v) is 10.2. The summed E-state index contributed by atoms with van der Waals surface area (Å²) in [5.41, 5.74) is 2.80. The summed E-state index contributed by atoms with van der Waals surface area (Å²) in [6.07, 6.45) is 13.3. The molecule has 2 heterocycles. The van der Waals surface area contributed by atoms with Gasteiger partial charge >= 0.3 is 0 Å².